The summed E-state index contributed by atoms with van der Waals surface area (Å²) in [5, 5.41) is 4.89. The Hall–Kier alpha value is -2.37. The molecule has 2 aromatic rings. The molecule has 1 aliphatic heterocycles. The van der Waals surface area contributed by atoms with Gasteiger partial charge in [-0.2, -0.15) is 5.10 Å². The summed E-state index contributed by atoms with van der Waals surface area (Å²) < 4.78 is 0. The first-order valence-electron chi connectivity index (χ1n) is 9.08. The summed E-state index contributed by atoms with van der Waals surface area (Å²) in [4.78, 5) is 26.8. The number of carbonyl (C=O) groups is 2. The lowest BCUT2D eigenvalue weighted by Crippen LogP contribution is -2.42. The molecule has 0 bridgehead atoms. The molecule has 0 unspecified atom stereocenters. The Bertz CT molecular complexity index is 906. The summed E-state index contributed by atoms with van der Waals surface area (Å²) in [5.74, 6) is -0.277. The zero-order valence-corrected chi connectivity index (χ0v) is 17.0. The number of likely N-dealkylation sites (tertiary alicyclic amines) is 1. The summed E-state index contributed by atoms with van der Waals surface area (Å²) >= 11 is 11.8. The minimum absolute atomic E-state index is 0.0228. The Morgan fingerprint density at radius 1 is 1.11 bits per heavy atom. The van der Waals surface area contributed by atoms with E-state index in [1.807, 2.05) is 36.1 Å². The number of hydrazone groups is 1. The molecule has 0 aliphatic carbocycles. The van der Waals surface area contributed by atoms with Gasteiger partial charge in [0.05, 0.1) is 16.3 Å². The Morgan fingerprint density at radius 2 is 1.82 bits per heavy atom. The van der Waals surface area contributed by atoms with E-state index in [1.165, 1.54) is 6.21 Å². The number of piperidine rings is 1. The van der Waals surface area contributed by atoms with Crippen LogP contribution in [-0.4, -0.2) is 36.0 Å². The fraction of sp³-hybridized carbons (Fsp3) is 0.286. The van der Waals surface area contributed by atoms with Crippen molar-refractivity contribution in [3.63, 3.8) is 0 Å². The number of nitrogens with one attached hydrogen (secondary N) is 1. The van der Waals surface area contributed by atoms with E-state index < -0.39 is 0 Å². The predicted octanol–water partition coefficient (Wildman–Crippen LogP) is 4.30. The maximum Gasteiger partial charge on any atom is 0.254 e. The number of aryl methyl sites for hydroxylation is 1. The number of halogens is 2. The maximum atomic E-state index is 12.7. The summed E-state index contributed by atoms with van der Waals surface area (Å²) in [5.41, 5.74) is 5.00. The number of rotatable bonds is 4. The van der Waals surface area contributed by atoms with Crippen LogP contribution in [0.25, 0.3) is 0 Å². The normalized spacial score (nSPS) is 15.0. The molecule has 146 valence electrons. The van der Waals surface area contributed by atoms with E-state index in [9.17, 15) is 9.59 Å². The maximum absolute atomic E-state index is 12.7. The van der Waals surface area contributed by atoms with Crippen LogP contribution < -0.4 is 5.43 Å². The fourth-order valence-corrected chi connectivity index (χ4v) is 3.49. The number of hydrogen-bond acceptors (Lipinski definition) is 3. The fourth-order valence-electron chi connectivity index (χ4n) is 3.18. The van der Waals surface area contributed by atoms with E-state index in [0.717, 1.165) is 16.7 Å². The van der Waals surface area contributed by atoms with E-state index in [-0.39, 0.29) is 17.7 Å². The van der Waals surface area contributed by atoms with Crippen LogP contribution in [0.4, 0.5) is 0 Å². The summed E-state index contributed by atoms with van der Waals surface area (Å²) in [6.45, 7) is 3.04. The first-order chi connectivity index (χ1) is 13.5. The average molecular weight is 418 g/mol. The van der Waals surface area contributed by atoms with Gasteiger partial charge in [-0.3, -0.25) is 9.59 Å². The van der Waals surface area contributed by atoms with Gasteiger partial charge in [0.1, 0.15) is 0 Å². The standard InChI is InChI=1S/C21H21Cl2N3O2/c1-14-4-2-3-5-17(14)21(28)26-10-8-16(9-11-26)20(27)25-24-13-15-6-7-18(22)19(23)12-15/h2-7,12-13,16H,8-11H2,1H3,(H,25,27)/b24-13-. The van der Waals surface area contributed by atoms with Crippen LogP contribution in [-0.2, 0) is 4.79 Å². The van der Waals surface area contributed by atoms with Gasteiger partial charge in [-0.25, -0.2) is 5.43 Å². The first kappa shape index (κ1) is 20.4. The molecule has 3 rings (SSSR count). The zero-order valence-electron chi connectivity index (χ0n) is 15.5. The summed E-state index contributed by atoms with van der Waals surface area (Å²) in [6.07, 6.45) is 2.76. The van der Waals surface area contributed by atoms with Gasteiger partial charge in [0, 0.05) is 24.6 Å². The lowest BCUT2D eigenvalue weighted by molar-refractivity contribution is -0.126. The van der Waals surface area contributed by atoms with Crippen LogP contribution in [0.2, 0.25) is 10.0 Å². The molecule has 7 heteroatoms. The number of carbonyl (C=O) groups excluding carboxylic acids is 2. The largest absolute Gasteiger partial charge is 0.339 e. The second-order valence-electron chi connectivity index (χ2n) is 6.79. The van der Waals surface area contributed by atoms with Crippen molar-refractivity contribution in [2.24, 2.45) is 11.0 Å². The third kappa shape index (κ3) is 4.91. The van der Waals surface area contributed by atoms with Crippen LogP contribution >= 0.6 is 23.2 Å². The van der Waals surface area contributed by atoms with E-state index in [2.05, 4.69) is 10.5 Å². The molecule has 28 heavy (non-hydrogen) atoms. The quantitative estimate of drug-likeness (QED) is 0.595. The molecule has 1 saturated heterocycles. The molecule has 0 atom stereocenters. The van der Waals surface area contributed by atoms with E-state index in [1.54, 1.807) is 18.2 Å². The lowest BCUT2D eigenvalue weighted by atomic mass is 9.95. The first-order valence-corrected chi connectivity index (χ1v) is 9.84. The average Bonchev–Trinajstić information content (AvgIpc) is 2.70. The molecule has 0 spiro atoms. The molecule has 5 nitrogen and oxygen atoms in total. The molecule has 0 saturated carbocycles. The van der Waals surface area contributed by atoms with Gasteiger partial charge >= 0.3 is 0 Å². The van der Waals surface area contributed by atoms with E-state index in [4.69, 9.17) is 23.2 Å². The molecule has 0 aromatic heterocycles. The highest BCUT2D eigenvalue weighted by Crippen LogP contribution is 2.22. The number of hydrogen-bond donors (Lipinski definition) is 1. The summed E-state index contributed by atoms with van der Waals surface area (Å²) in [7, 11) is 0. The zero-order chi connectivity index (χ0) is 20.1. The Kier molecular flexibility index (Phi) is 6.70. The second-order valence-corrected chi connectivity index (χ2v) is 7.60. The van der Waals surface area contributed by atoms with Crippen LogP contribution in [0.1, 0.15) is 34.3 Å². The van der Waals surface area contributed by atoms with Crippen LogP contribution in [0.3, 0.4) is 0 Å². The SMILES string of the molecule is Cc1ccccc1C(=O)N1CCC(C(=O)N/N=C\c2ccc(Cl)c(Cl)c2)CC1. The van der Waals surface area contributed by atoms with Gasteiger partial charge in [0.25, 0.3) is 5.91 Å². The van der Waals surface area contributed by atoms with Crippen molar-refractivity contribution in [3.8, 4) is 0 Å². The Balaban J connectivity index is 1.51. The highest BCUT2D eigenvalue weighted by Gasteiger charge is 2.28. The van der Waals surface area contributed by atoms with Gasteiger partial charge < -0.3 is 4.90 Å². The third-order valence-electron chi connectivity index (χ3n) is 4.86. The number of amides is 2. The highest BCUT2D eigenvalue weighted by atomic mass is 35.5. The van der Waals surface area contributed by atoms with Crippen molar-refractivity contribution >= 4 is 41.2 Å². The highest BCUT2D eigenvalue weighted by molar-refractivity contribution is 6.42. The molecular formula is C21H21Cl2N3O2. The molecule has 1 N–H and O–H groups in total. The molecular weight excluding hydrogens is 397 g/mol. The van der Waals surface area contributed by atoms with Crippen LogP contribution in [0, 0.1) is 12.8 Å². The molecule has 1 fully saturated rings. The van der Waals surface area contributed by atoms with Gasteiger partial charge in [-0.05, 0) is 49.1 Å². The van der Waals surface area contributed by atoms with Gasteiger partial charge in [0.15, 0.2) is 0 Å². The topological polar surface area (TPSA) is 61.8 Å². The molecule has 1 heterocycles. The van der Waals surface area contributed by atoms with E-state index in [0.29, 0.717) is 36.0 Å². The molecule has 1 aliphatic rings. The monoisotopic (exact) mass is 417 g/mol. The minimum Gasteiger partial charge on any atom is -0.339 e. The van der Waals surface area contributed by atoms with Crippen molar-refractivity contribution < 1.29 is 9.59 Å². The molecule has 2 amide bonds. The van der Waals surface area contributed by atoms with Gasteiger partial charge in [-0.15, -0.1) is 0 Å². The van der Waals surface area contributed by atoms with Crippen molar-refractivity contribution in [3.05, 3.63) is 69.2 Å². The van der Waals surface area contributed by atoms with Crippen molar-refractivity contribution in [1.29, 1.82) is 0 Å². The lowest BCUT2D eigenvalue weighted by Gasteiger charge is -2.31. The molecule has 0 radical (unpaired) electrons. The van der Waals surface area contributed by atoms with Crippen molar-refractivity contribution in [2.45, 2.75) is 19.8 Å². The number of nitrogens with zero attached hydrogens (tertiary/aromatic N) is 2. The van der Waals surface area contributed by atoms with Crippen molar-refractivity contribution in [2.75, 3.05) is 13.1 Å². The van der Waals surface area contributed by atoms with Crippen molar-refractivity contribution in [1.82, 2.24) is 10.3 Å². The van der Waals surface area contributed by atoms with Crippen LogP contribution in [0.5, 0.6) is 0 Å². The Labute approximate surface area is 174 Å². The van der Waals surface area contributed by atoms with Crippen LogP contribution in [0.15, 0.2) is 47.6 Å². The second kappa shape index (κ2) is 9.22. The third-order valence-corrected chi connectivity index (χ3v) is 5.60. The predicted molar refractivity (Wildman–Crippen MR) is 112 cm³/mol. The Morgan fingerprint density at radius 3 is 2.50 bits per heavy atom. The number of benzene rings is 2. The summed E-state index contributed by atoms with van der Waals surface area (Å²) in [6, 6.07) is 12.7. The minimum atomic E-state index is -0.160. The molecule has 2 aromatic carbocycles. The smallest absolute Gasteiger partial charge is 0.254 e. The van der Waals surface area contributed by atoms with E-state index >= 15 is 0 Å². The van der Waals surface area contributed by atoms with Gasteiger partial charge in [-0.1, -0.05) is 47.5 Å². The van der Waals surface area contributed by atoms with Gasteiger partial charge in [0.2, 0.25) is 5.91 Å².